The number of likely N-dealkylation sites (N-methyl/N-ethyl adjacent to an activating group) is 1. The Hall–Kier alpha value is -2.32. The van der Waals surface area contributed by atoms with E-state index in [0.29, 0.717) is 27.3 Å². The van der Waals surface area contributed by atoms with Crippen LogP contribution in [0.15, 0.2) is 24.3 Å². The number of pyridine rings is 1. The Bertz CT molecular complexity index is 752. The van der Waals surface area contributed by atoms with E-state index in [4.69, 9.17) is 11.6 Å². The minimum absolute atomic E-state index is 0.0770. The molecule has 22 heavy (non-hydrogen) atoms. The van der Waals surface area contributed by atoms with Crippen LogP contribution in [-0.2, 0) is 4.79 Å². The number of halogens is 1. The molecule has 0 aliphatic carbocycles. The van der Waals surface area contributed by atoms with Gasteiger partial charge in [0.2, 0.25) is 5.91 Å². The first-order valence-electron chi connectivity index (χ1n) is 6.94. The molecule has 0 fully saturated rings. The quantitative estimate of drug-likeness (QED) is 0.909. The zero-order valence-corrected chi connectivity index (χ0v) is 13.4. The maximum Gasteiger partial charge on any atom is 0.242 e. The molecule has 1 heterocycles. The van der Waals surface area contributed by atoms with Gasteiger partial charge in [-0.15, -0.1) is 0 Å². The first kappa shape index (κ1) is 16.1. The van der Waals surface area contributed by atoms with E-state index < -0.39 is 6.04 Å². The number of amides is 1. The molecule has 1 aromatic carbocycles. The van der Waals surface area contributed by atoms with Crippen LogP contribution >= 0.6 is 11.6 Å². The molecule has 114 valence electrons. The number of carbonyl (C=O) groups excluding carboxylic acids is 1. The molecule has 2 aromatic rings. The Morgan fingerprint density at radius 1 is 1.36 bits per heavy atom. The molecule has 0 spiro atoms. The number of nitrogens with zero attached hydrogens (tertiary/aromatic N) is 2. The van der Waals surface area contributed by atoms with Gasteiger partial charge in [-0.2, -0.15) is 5.26 Å². The number of hydrogen-bond donors (Lipinski definition) is 2. The lowest BCUT2D eigenvalue weighted by molar-refractivity contribution is -0.122. The third-order valence-electron chi connectivity index (χ3n) is 3.39. The molecule has 2 rings (SSSR count). The monoisotopic (exact) mass is 316 g/mol. The molecular weight excluding hydrogens is 300 g/mol. The number of rotatable bonds is 4. The molecule has 1 aromatic heterocycles. The molecule has 0 aliphatic rings. The number of anilines is 1. The van der Waals surface area contributed by atoms with E-state index in [2.05, 4.69) is 21.7 Å². The Morgan fingerprint density at radius 3 is 2.68 bits per heavy atom. The fraction of sp³-hybridized carbons (Fsp3) is 0.312. The van der Waals surface area contributed by atoms with Gasteiger partial charge in [-0.25, -0.2) is 4.98 Å². The highest BCUT2D eigenvalue weighted by atomic mass is 35.5. The van der Waals surface area contributed by atoms with Crippen LogP contribution in [0.4, 0.5) is 5.82 Å². The molecule has 0 saturated carbocycles. The Labute approximate surface area is 134 Å². The molecule has 0 saturated heterocycles. The largest absolute Gasteiger partial charge is 0.358 e. The van der Waals surface area contributed by atoms with Crippen molar-refractivity contribution in [2.75, 3.05) is 12.4 Å². The van der Waals surface area contributed by atoms with E-state index >= 15 is 0 Å². The van der Waals surface area contributed by atoms with E-state index in [9.17, 15) is 10.1 Å². The second-order valence-corrected chi connectivity index (χ2v) is 5.75. The molecule has 5 nitrogen and oxygen atoms in total. The molecule has 0 bridgehead atoms. The van der Waals surface area contributed by atoms with E-state index in [1.807, 2.05) is 13.8 Å². The third-order valence-corrected chi connectivity index (χ3v) is 3.63. The van der Waals surface area contributed by atoms with Gasteiger partial charge in [0, 0.05) is 17.5 Å². The molecule has 2 N–H and O–H groups in total. The van der Waals surface area contributed by atoms with Crippen molar-refractivity contribution in [3.63, 3.8) is 0 Å². The topological polar surface area (TPSA) is 77.8 Å². The summed E-state index contributed by atoms with van der Waals surface area (Å²) in [6.07, 6.45) is 0. The maximum absolute atomic E-state index is 11.9. The van der Waals surface area contributed by atoms with Gasteiger partial charge in [0.05, 0.1) is 17.1 Å². The molecule has 6 heteroatoms. The van der Waals surface area contributed by atoms with Crippen LogP contribution in [0.25, 0.3) is 10.9 Å². The summed E-state index contributed by atoms with van der Waals surface area (Å²) in [5.41, 5.74) is 1.12. The summed E-state index contributed by atoms with van der Waals surface area (Å²) >= 11 is 5.97. The second kappa shape index (κ2) is 6.63. The predicted molar refractivity (Wildman–Crippen MR) is 87.8 cm³/mol. The fourth-order valence-corrected chi connectivity index (χ4v) is 2.39. The minimum Gasteiger partial charge on any atom is -0.358 e. The van der Waals surface area contributed by atoms with Crippen LogP contribution in [0.3, 0.4) is 0 Å². The second-order valence-electron chi connectivity index (χ2n) is 5.31. The number of aromatic nitrogens is 1. The smallest absolute Gasteiger partial charge is 0.242 e. The average Bonchev–Trinajstić information content (AvgIpc) is 2.51. The number of carbonyl (C=O) groups is 1. The van der Waals surface area contributed by atoms with Gasteiger partial charge in [0.1, 0.15) is 11.9 Å². The van der Waals surface area contributed by atoms with Gasteiger partial charge >= 0.3 is 0 Å². The molecule has 0 radical (unpaired) electrons. The first-order valence-corrected chi connectivity index (χ1v) is 7.32. The molecule has 1 atom stereocenters. The summed E-state index contributed by atoms with van der Waals surface area (Å²) in [6, 6.07) is 8.55. The summed E-state index contributed by atoms with van der Waals surface area (Å²) < 4.78 is 0. The average molecular weight is 317 g/mol. The lowest BCUT2D eigenvalue weighted by atomic mass is 10.0. The summed E-state index contributed by atoms with van der Waals surface area (Å²) in [5.74, 6) is 0.452. The summed E-state index contributed by atoms with van der Waals surface area (Å²) in [5, 5.41) is 16.3. The van der Waals surface area contributed by atoms with E-state index in [-0.39, 0.29) is 11.8 Å². The van der Waals surface area contributed by atoms with E-state index in [1.165, 1.54) is 0 Å². The van der Waals surface area contributed by atoms with Gasteiger partial charge in [0.25, 0.3) is 0 Å². The van der Waals surface area contributed by atoms with Crippen molar-refractivity contribution < 1.29 is 4.79 Å². The highest BCUT2D eigenvalue weighted by molar-refractivity contribution is 6.31. The zero-order valence-electron chi connectivity index (χ0n) is 12.6. The van der Waals surface area contributed by atoms with Crippen molar-refractivity contribution in [2.45, 2.75) is 19.9 Å². The van der Waals surface area contributed by atoms with Crippen LogP contribution in [0.1, 0.15) is 19.4 Å². The minimum atomic E-state index is -0.422. The van der Waals surface area contributed by atoms with Gasteiger partial charge in [-0.3, -0.25) is 4.79 Å². The van der Waals surface area contributed by atoms with Crippen LogP contribution in [-0.4, -0.2) is 24.0 Å². The normalized spacial score (nSPS) is 12.0. The lowest BCUT2D eigenvalue weighted by Gasteiger charge is -2.21. The molecule has 1 amide bonds. The number of nitrogens with one attached hydrogen (secondary N) is 2. The van der Waals surface area contributed by atoms with Crippen LogP contribution in [0, 0.1) is 17.2 Å². The zero-order chi connectivity index (χ0) is 16.3. The van der Waals surface area contributed by atoms with Gasteiger partial charge in [-0.05, 0) is 30.2 Å². The van der Waals surface area contributed by atoms with Crippen molar-refractivity contribution in [3.8, 4) is 6.07 Å². The van der Waals surface area contributed by atoms with Crippen LogP contribution < -0.4 is 10.6 Å². The molecule has 0 aliphatic heterocycles. The summed E-state index contributed by atoms with van der Waals surface area (Å²) in [4.78, 5) is 16.4. The standard InChI is InChI=1S/C16H17ClN4O/c1-9(2)15(16(22)19-3)21-14-6-10(8-18)12-7-11(17)4-5-13(12)20-14/h4-7,9,15H,1-3H3,(H,19,22)(H,20,21). The summed E-state index contributed by atoms with van der Waals surface area (Å²) in [6.45, 7) is 3.89. The van der Waals surface area contributed by atoms with Crippen molar-refractivity contribution in [1.82, 2.24) is 10.3 Å². The van der Waals surface area contributed by atoms with Gasteiger partial charge in [0.15, 0.2) is 0 Å². The van der Waals surface area contributed by atoms with E-state index in [0.717, 1.165) is 0 Å². The highest BCUT2D eigenvalue weighted by Crippen LogP contribution is 2.24. The third kappa shape index (κ3) is 3.29. The predicted octanol–water partition coefficient (Wildman–Crippen LogP) is 2.94. The number of hydrogen-bond acceptors (Lipinski definition) is 4. The molecule has 1 unspecified atom stereocenters. The van der Waals surface area contributed by atoms with Gasteiger partial charge < -0.3 is 10.6 Å². The Kier molecular flexibility index (Phi) is 4.84. The van der Waals surface area contributed by atoms with Gasteiger partial charge in [-0.1, -0.05) is 25.4 Å². The Morgan fingerprint density at radius 2 is 2.09 bits per heavy atom. The first-order chi connectivity index (χ1) is 10.5. The van der Waals surface area contributed by atoms with E-state index in [1.54, 1.807) is 31.3 Å². The number of nitriles is 1. The Balaban J connectivity index is 2.46. The van der Waals surface area contributed by atoms with Crippen LogP contribution in [0.2, 0.25) is 5.02 Å². The number of fused-ring (bicyclic) bond motifs is 1. The lowest BCUT2D eigenvalue weighted by Crippen LogP contribution is -2.41. The maximum atomic E-state index is 11.9. The van der Waals surface area contributed by atoms with Crippen molar-refractivity contribution >= 4 is 34.2 Å². The highest BCUT2D eigenvalue weighted by Gasteiger charge is 2.21. The van der Waals surface area contributed by atoms with Crippen molar-refractivity contribution in [3.05, 3.63) is 34.9 Å². The van der Waals surface area contributed by atoms with Crippen molar-refractivity contribution in [1.29, 1.82) is 5.26 Å². The summed E-state index contributed by atoms with van der Waals surface area (Å²) in [7, 11) is 1.59. The molecular formula is C16H17ClN4O. The SMILES string of the molecule is CNC(=O)C(Nc1cc(C#N)c2cc(Cl)ccc2n1)C(C)C. The van der Waals surface area contributed by atoms with Crippen molar-refractivity contribution in [2.24, 2.45) is 5.92 Å². The number of benzene rings is 1. The fourth-order valence-electron chi connectivity index (χ4n) is 2.21. The van der Waals surface area contributed by atoms with Crippen LogP contribution in [0.5, 0.6) is 0 Å².